The van der Waals surface area contributed by atoms with E-state index in [1.807, 2.05) is 0 Å². The highest BCUT2D eigenvalue weighted by atomic mass is 35.5. The van der Waals surface area contributed by atoms with Crippen molar-refractivity contribution in [2.75, 3.05) is 0 Å². The summed E-state index contributed by atoms with van der Waals surface area (Å²) < 4.78 is 41.6. The number of nitrogens with two attached hydrogens (primary N) is 1. The molecule has 0 unspecified atom stereocenters. The Labute approximate surface area is 71.1 Å². The molecule has 0 atom stereocenters. The highest BCUT2D eigenvalue weighted by molar-refractivity contribution is 5.85. The first-order valence-corrected chi connectivity index (χ1v) is 2.45. The third-order valence-electron chi connectivity index (χ3n) is 0.850. The maximum absolute atomic E-state index is 12.9. The Morgan fingerprint density at radius 1 is 1.40 bits per heavy atom. The van der Waals surface area contributed by atoms with Crippen molar-refractivity contribution < 1.29 is 9.87 Å². The summed E-state index contributed by atoms with van der Waals surface area (Å²) in [5.41, 5.74) is 5.25. The normalized spacial score (nSPS) is 14.2. The smallest absolute Gasteiger partial charge is 0.123 e. The third kappa shape index (κ3) is 2.33. The topological polar surface area (TPSA) is 26.0 Å². The zero-order valence-electron chi connectivity index (χ0n) is 9.07. The zero-order valence-corrected chi connectivity index (χ0v) is 5.89. The first-order valence-electron chi connectivity index (χ1n) is 4.45. The Morgan fingerprint density at radius 3 is 2.30 bits per heavy atom. The van der Waals surface area contributed by atoms with E-state index in [4.69, 9.17) is 11.2 Å². The maximum Gasteiger partial charge on any atom is 0.123 e. The lowest BCUT2D eigenvalue weighted by Gasteiger charge is -1.92. The number of hydrogen-bond donors (Lipinski definition) is 1. The molecular formula is C7H9ClFN. The van der Waals surface area contributed by atoms with Gasteiger partial charge in [0.2, 0.25) is 0 Å². The summed E-state index contributed by atoms with van der Waals surface area (Å²) in [6, 6.07) is -2.13. The van der Waals surface area contributed by atoms with Crippen LogP contribution in [0.2, 0.25) is 0 Å². The number of rotatable bonds is 1. The van der Waals surface area contributed by atoms with Crippen LogP contribution in [-0.4, -0.2) is 0 Å². The van der Waals surface area contributed by atoms with Gasteiger partial charge in [0.1, 0.15) is 5.82 Å². The van der Waals surface area contributed by atoms with Gasteiger partial charge in [-0.05, 0) is 17.6 Å². The molecule has 0 aliphatic heterocycles. The summed E-state index contributed by atoms with van der Waals surface area (Å²) in [6.07, 6.45) is 0. The zero-order chi connectivity index (χ0) is 10.2. The van der Waals surface area contributed by atoms with Crippen LogP contribution in [-0.2, 0) is 6.54 Å². The number of benzene rings is 1. The molecular weight excluding hydrogens is 153 g/mol. The average Bonchev–Trinajstić information content (AvgIpc) is 2.13. The van der Waals surface area contributed by atoms with Crippen LogP contribution < -0.4 is 5.73 Å². The van der Waals surface area contributed by atoms with Crippen molar-refractivity contribution in [3.8, 4) is 0 Å². The maximum atomic E-state index is 12.9. The first-order chi connectivity index (χ1) is 6.00. The molecule has 0 saturated carbocycles. The molecule has 0 amide bonds. The van der Waals surface area contributed by atoms with E-state index in [-0.39, 0.29) is 24.5 Å². The van der Waals surface area contributed by atoms with Crippen molar-refractivity contribution in [2.24, 2.45) is 5.73 Å². The van der Waals surface area contributed by atoms with Gasteiger partial charge in [-0.3, -0.25) is 0 Å². The second-order valence-corrected chi connectivity index (χ2v) is 1.50. The van der Waals surface area contributed by atoms with Gasteiger partial charge in [-0.25, -0.2) is 4.39 Å². The lowest BCUT2D eigenvalue weighted by atomic mass is 10.2. The van der Waals surface area contributed by atoms with Gasteiger partial charge in [-0.2, -0.15) is 0 Å². The third-order valence-corrected chi connectivity index (χ3v) is 0.850. The molecule has 10 heavy (non-hydrogen) atoms. The molecule has 56 valence electrons. The van der Waals surface area contributed by atoms with Crippen LogP contribution in [0.1, 0.15) is 11.0 Å². The van der Waals surface area contributed by atoms with Crippen LogP contribution in [0, 0.1) is 5.82 Å². The van der Waals surface area contributed by atoms with E-state index < -0.39 is 30.0 Å². The standard InChI is InChI=1S/C7H8FN.ClH/c8-7-3-1-6(5-9)2-4-7;/h1-4H,5,9H2;1H/i1D,2D,3D,4D;. The molecule has 2 N–H and O–H groups in total. The second-order valence-electron chi connectivity index (χ2n) is 1.50. The van der Waals surface area contributed by atoms with E-state index in [2.05, 4.69) is 0 Å². The Morgan fingerprint density at radius 2 is 1.90 bits per heavy atom. The van der Waals surface area contributed by atoms with Gasteiger partial charge in [0.05, 0.1) is 5.48 Å². The quantitative estimate of drug-likeness (QED) is 0.674. The van der Waals surface area contributed by atoms with E-state index >= 15 is 0 Å². The molecule has 1 aromatic rings. The Kier molecular flexibility index (Phi) is 1.83. The van der Waals surface area contributed by atoms with E-state index in [9.17, 15) is 4.39 Å². The molecule has 0 saturated heterocycles. The van der Waals surface area contributed by atoms with Gasteiger partial charge in [0, 0.05) is 6.54 Å². The minimum atomic E-state index is -1.13. The van der Waals surface area contributed by atoms with Crippen molar-refractivity contribution in [1.29, 1.82) is 0 Å². The van der Waals surface area contributed by atoms with Crippen LogP contribution in [0.25, 0.3) is 0 Å². The highest BCUT2D eigenvalue weighted by Gasteiger charge is 1.87. The number of halogens is 2. The molecule has 0 aliphatic rings. The van der Waals surface area contributed by atoms with E-state index in [1.165, 1.54) is 0 Å². The predicted molar refractivity (Wildman–Crippen MR) is 41.5 cm³/mol. The molecule has 0 aromatic heterocycles. The van der Waals surface area contributed by atoms with Crippen LogP contribution in [0.15, 0.2) is 24.2 Å². The van der Waals surface area contributed by atoms with Crippen molar-refractivity contribution in [1.82, 2.24) is 0 Å². The molecule has 0 bridgehead atoms. The molecule has 0 heterocycles. The molecule has 0 fully saturated rings. The van der Waals surface area contributed by atoms with Gasteiger partial charge >= 0.3 is 0 Å². The van der Waals surface area contributed by atoms with Gasteiger partial charge in [0.15, 0.2) is 0 Å². The molecule has 0 radical (unpaired) electrons. The van der Waals surface area contributed by atoms with Crippen LogP contribution in [0.5, 0.6) is 0 Å². The Hall–Kier alpha value is -0.600. The predicted octanol–water partition coefficient (Wildman–Crippen LogP) is 1.71. The number of hydrogen-bond acceptors (Lipinski definition) is 1. The summed E-state index contributed by atoms with van der Waals surface area (Å²) in [6.45, 7) is -0.129. The molecule has 1 nitrogen and oxygen atoms in total. The fraction of sp³-hybridized carbons (Fsp3) is 0.143. The minimum Gasteiger partial charge on any atom is -0.326 e. The summed E-state index contributed by atoms with van der Waals surface area (Å²) in [5, 5.41) is 0. The Bertz CT molecular complexity index is 329. The van der Waals surface area contributed by atoms with Crippen molar-refractivity contribution in [3.05, 3.63) is 35.6 Å². The molecule has 1 aromatic carbocycles. The van der Waals surface area contributed by atoms with Gasteiger partial charge in [-0.1, -0.05) is 12.1 Å². The first kappa shape index (κ1) is 4.31. The van der Waals surface area contributed by atoms with Crippen molar-refractivity contribution in [3.63, 3.8) is 0 Å². The van der Waals surface area contributed by atoms with Gasteiger partial charge in [-0.15, -0.1) is 12.4 Å². The molecule has 0 spiro atoms. The molecule has 3 heteroatoms. The largest absolute Gasteiger partial charge is 0.326 e. The summed E-state index contributed by atoms with van der Waals surface area (Å²) in [5.74, 6) is -1.13. The van der Waals surface area contributed by atoms with E-state index in [0.29, 0.717) is 0 Å². The Balaban J connectivity index is 0.00000169. The lowest BCUT2D eigenvalue weighted by molar-refractivity contribution is 0.627. The van der Waals surface area contributed by atoms with E-state index in [0.717, 1.165) is 0 Å². The fourth-order valence-electron chi connectivity index (χ4n) is 0.425. The van der Waals surface area contributed by atoms with Crippen molar-refractivity contribution >= 4 is 12.4 Å². The highest BCUT2D eigenvalue weighted by Crippen LogP contribution is 2.00. The lowest BCUT2D eigenvalue weighted by Crippen LogP contribution is -1.94. The summed E-state index contributed by atoms with van der Waals surface area (Å²) in [7, 11) is 0. The summed E-state index contributed by atoms with van der Waals surface area (Å²) in [4.78, 5) is 0. The van der Waals surface area contributed by atoms with Crippen molar-refractivity contribution in [2.45, 2.75) is 6.54 Å². The van der Waals surface area contributed by atoms with Crippen LogP contribution in [0.3, 0.4) is 0 Å². The van der Waals surface area contributed by atoms with Crippen LogP contribution >= 0.6 is 12.4 Å². The summed E-state index contributed by atoms with van der Waals surface area (Å²) >= 11 is 0. The minimum absolute atomic E-state index is 0. The van der Waals surface area contributed by atoms with Crippen LogP contribution in [0.4, 0.5) is 4.39 Å². The van der Waals surface area contributed by atoms with E-state index in [1.54, 1.807) is 0 Å². The SMILES string of the molecule is Cl.[2H]c1c([2H])c(CN)c([2H])c([2H])c1F. The fourth-order valence-corrected chi connectivity index (χ4v) is 0.425. The molecule has 0 aliphatic carbocycles. The molecule has 1 rings (SSSR count). The van der Waals surface area contributed by atoms with Gasteiger partial charge < -0.3 is 5.73 Å². The average molecular weight is 166 g/mol. The van der Waals surface area contributed by atoms with Gasteiger partial charge in [0.25, 0.3) is 0 Å². The second kappa shape index (κ2) is 4.25. The monoisotopic (exact) mass is 165 g/mol.